The van der Waals surface area contributed by atoms with Crippen LogP contribution in [-0.4, -0.2) is 17.3 Å². The van der Waals surface area contributed by atoms with Gasteiger partial charge in [0.15, 0.2) is 5.78 Å². The van der Waals surface area contributed by atoms with Crippen molar-refractivity contribution in [3.63, 3.8) is 0 Å². The Balaban J connectivity index is 1.84. The largest absolute Gasteiger partial charge is 0.444 e. The number of fused-ring (bicyclic) bond motifs is 1. The van der Waals surface area contributed by atoms with Gasteiger partial charge in [-0.25, -0.2) is 4.98 Å². The summed E-state index contributed by atoms with van der Waals surface area (Å²) in [6.45, 7) is 7.12. The molecule has 1 aromatic carbocycles. The number of oxazole rings is 1. The molecule has 0 saturated heterocycles. The fraction of sp³-hybridized carbons (Fsp3) is 0.375. The zero-order valence-electron chi connectivity index (χ0n) is 12.1. The second-order valence-electron chi connectivity index (χ2n) is 5.32. The number of carbonyl (C=O) groups excluding carboxylic acids is 1. The summed E-state index contributed by atoms with van der Waals surface area (Å²) >= 11 is 0. The molecular weight excluding hydrogens is 252 g/mol. The summed E-state index contributed by atoms with van der Waals surface area (Å²) in [6.07, 6.45) is 0.967. The first-order chi connectivity index (χ1) is 9.54. The molecule has 0 bridgehead atoms. The Bertz CT molecular complexity index is 654. The van der Waals surface area contributed by atoms with E-state index < -0.39 is 0 Å². The number of nitrogens with zero attached hydrogens (tertiary/aromatic N) is 2. The molecule has 0 fully saturated rings. The van der Waals surface area contributed by atoms with Crippen LogP contribution in [0.3, 0.4) is 0 Å². The number of carbonyl (C=O) groups is 1. The van der Waals surface area contributed by atoms with Crippen molar-refractivity contribution in [3.8, 4) is 0 Å². The van der Waals surface area contributed by atoms with Crippen LogP contribution in [0.1, 0.15) is 40.2 Å². The normalized spacial score (nSPS) is 13.7. The van der Waals surface area contributed by atoms with Gasteiger partial charge in [0.1, 0.15) is 5.76 Å². The quantitative estimate of drug-likeness (QED) is 0.804. The average Bonchev–Trinajstić information content (AvgIpc) is 2.94. The molecule has 0 amide bonds. The summed E-state index contributed by atoms with van der Waals surface area (Å²) in [5.41, 5.74) is 4.15. The lowest BCUT2D eigenvalue weighted by Crippen LogP contribution is -2.19. The highest BCUT2D eigenvalue weighted by molar-refractivity contribution is 5.94. The molecule has 2 aromatic rings. The third-order valence-corrected chi connectivity index (χ3v) is 3.88. The summed E-state index contributed by atoms with van der Waals surface area (Å²) in [6, 6.07) is 5.93. The maximum atomic E-state index is 11.4. The molecule has 3 rings (SSSR count). The van der Waals surface area contributed by atoms with Gasteiger partial charge in [-0.2, -0.15) is 0 Å². The van der Waals surface area contributed by atoms with Gasteiger partial charge in [0, 0.05) is 17.8 Å². The van der Waals surface area contributed by atoms with E-state index in [1.54, 1.807) is 6.92 Å². The topological polar surface area (TPSA) is 46.3 Å². The Morgan fingerprint density at radius 3 is 2.85 bits per heavy atom. The second kappa shape index (κ2) is 4.78. The van der Waals surface area contributed by atoms with Crippen molar-refractivity contribution in [1.29, 1.82) is 0 Å². The molecule has 4 nitrogen and oxygen atoms in total. The Hall–Kier alpha value is -2.10. The first-order valence-electron chi connectivity index (χ1n) is 6.86. The van der Waals surface area contributed by atoms with Crippen molar-refractivity contribution in [1.82, 2.24) is 4.98 Å². The summed E-state index contributed by atoms with van der Waals surface area (Å²) in [4.78, 5) is 18.1. The van der Waals surface area contributed by atoms with Crippen LogP contribution < -0.4 is 4.90 Å². The summed E-state index contributed by atoms with van der Waals surface area (Å²) in [5, 5.41) is 0. The fourth-order valence-electron chi connectivity index (χ4n) is 2.62. The summed E-state index contributed by atoms with van der Waals surface area (Å²) in [7, 11) is 0. The Kier molecular flexibility index (Phi) is 3.08. The maximum Gasteiger partial charge on any atom is 0.214 e. The first-order valence-corrected chi connectivity index (χ1v) is 6.86. The molecule has 0 radical (unpaired) electrons. The second-order valence-corrected chi connectivity index (χ2v) is 5.32. The van der Waals surface area contributed by atoms with Gasteiger partial charge in [0.2, 0.25) is 5.89 Å². The zero-order chi connectivity index (χ0) is 14.3. The van der Waals surface area contributed by atoms with Crippen molar-refractivity contribution in [2.45, 2.75) is 33.7 Å². The first kappa shape index (κ1) is 12.9. The molecule has 0 aliphatic carbocycles. The van der Waals surface area contributed by atoms with Gasteiger partial charge >= 0.3 is 0 Å². The molecular formula is C16H18N2O2. The molecule has 0 atom stereocenters. The SMILES string of the molecule is CC(=O)c1ccc2c(c1)CCN2Cc1nc(C)c(C)o1. The van der Waals surface area contributed by atoms with E-state index in [0.29, 0.717) is 6.54 Å². The number of benzene rings is 1. The van der Waals surface area contributed by atoms with Crippen LogP contribution in [0.5, 0.6) is 0 Å². The molecule has 2 heterocycles. The molecule has 4 heteroatoms. The Morgan fingerprint density at radius 2 is 2.20 bits per heavy atom. The Labute approximate surface area is 118 Å². The van der Waals surface area contributed by atoms with Crippen molar-refractivity contribution in [2.24, 2.45) is 0 Å². The van der Waals surface area contributed by atoms with E-state index in [9.17, 15) is 4.79 Å². The third-order valence-electron chi connectivity index (χ3n) is 3.88. The van der Waals surface area contributed by atoms with Crippen molar-refractivity contribution in [2.75, 3.05) is 11.4 Å². The van der Waals surface area contributed by atoms with Gasteiger partial charge in [-0.1, -0.05) is 0 Å². The number of ketones is 1. The molecule has 0 unspecified atom stereocenters. The average molecular weight is 270 g/mol. The zero-order valence-corrected chi connectivity index (χ0v) is 12.1. The lowest BCUT2D eigenvalue weighted by atomic mass is 10.1. The molecule has 1 aromatic heterocycles. The minimum atomic E-state index is 0.116. The smallest absolute Gasteiger partial charge is 0.214 e. The number of rotatable bonds is 3. The molecule has 1 aliphatic heterocycles. The maximum absolute atomic E-state index is 11.4. The van der Waals surface area contributed by atoms with Crippen LogP contribution in [0.2, 0.25) is 0 Å². The molecule has 0 spiro atoms. The predicted octanol–water partition coefficient (Wildman–Crippen LogP) is 3.06. The minimum absolute atomic E-state index is 0.116. The lowest BCUT2D eigenvalue weighted by molar-refractivity contribution is 0.101. The Morgan fingerprint density at radius 1 is 1.40 bits per heavy atom. The number of hydrogen-bond donors (Lipinski definition) is 0. The van der Waals surface area contributed by atoms with Gasteiger partial charge in [0.05, 0.1) is 12.2 Å². The van der Waals surface area contributed by atoms with Crippen LogP contribution >= 0.6 is 0 Å². The van der Waals surface area contributed by atoms with Crippen LogP contribution in [0.15, 0.2) is 22.6 Å². The number of aryl methyl sites for hydroxylation is 2. The van der Waals surface area contributed by atoms with E-state index >= 15 is 0 Å². The van der Waals surface area contributed by atoms with Gasteiger partial charge in [-0.15, -0.1) is 0 Å². The molecule has 0 N–H and O–H groups in total. The van der Waals surface area contributed by atoms with Gasteiger partial charge in [-0.05, 0) is 51.0 Å². The van der Waals surface area contributed by atoms with Crippen molar-refractivity contribution >= 4 is 11.5 Å². The van der Waals surface area contributed by atoms with Crippen LogP contribution in [-0.2, 0) is 13.0 Å². The van der Waals surface area contributed by atoms with E-state index in [0.717, 1.165) is 35.9 Å². The molecule has 104 valence electrons. The standard InChI is InChI=1S/C16H18N2O2/c1-10-12(3)20-16(17-10)9-18-7-6-14-8-13(11(2)19)4-5-15(14)18/h4-5,8H,6-7,9H2,1-3H3. The van der Waals surface area contributed by atoms with Crippen molar-refractivity contribution in [3.05, 3.63) is 46.7 Å². The van der Waals surface area contributed by atoms with Gasteiger partial charge in [0.25, 0.3) is 0 Å². The lowest BCUT2D eigenvalue weighted by Gasteiger charge is -2.17. The van der Waals surface area contributed by atoms with E-state index in [1.165, 1.54) is 11.3 Å². The summed E-state index contributed by atoms with van der Waals surface area (Å²) in [5.74, 6) is 1.75. The fourth-order valence-corrected chi connectivity index (χ4v) is 2.62. The van der Waals surface area contributed by atoms with Crippen LogP contribution in [0.4, 0.5) is 5.69 Å². The van der Waals surface area contributed by atoms with Gasteiger partial charge in [-0.3, -0.25) is 4.79 Å². The van der Waals surface area contributed by atoms with Crippen LogP contribution in [0, 0.1) is 13.8 Å². The van der Waals surface area contributed by atoms with E-state index in [2.05, 4.69) is 9.88 Å². The molecule has 0 saturated carbocycles. The van der Waals surface area contributed by atoms with Crippen molar-refractivity contribution < 1.29 is 9.21 Å². The minimum Gasteiger partial charge on any atom is -0.444 e. The number of aromatic nitrogens is 1. The van der Waals surface area contributed by atoms with E-state index in [-0.39, 0.29) is 5.78 Å². The van der Waals surface area contributed by atoms with E-state index in [1.807, 2.05) is 32.0 Å². The highest BCUT2D eigenvalue weighted by Crippen LogP contribution is 2.30. The molecule has 1 aliphatic rings. The molecule has 20 heavy (non-hydrogen) atoms. The number of anilines is 1. The predicted molar refractivity (Wildman–Crippen MR) is 77.2 cm³/mol. The third kappa shape index (κ3) is 2.22. The number of hydrogen-bond acceptors (Lipinski definition) is 4. The summed E-state index contributed by atoms with van der Waals surface area (Å²) < 4.78 is 5.65. The number of Topliss-reactive ketones (excluding diaryl/α,β-unsaturated/α-hetero) is 1. The van der Waals surface area contributed by atoms with E-state index in [4.69, 9.17) is 4.42 Å². The monoisotopic (exact) mass is 270 g/mol. The van der Waals surface area contributed by atoms with Crippen LogP contribution in [0.25, 0.3) is 0 Å². The highest BCUT2D eigenvalue weighted by atomic mass is 16.4. The van der Waals surface area contributed by atoms with Gasteiger partial charge < -0.3 is 9.32 Å². The highest BCUT2D eigenvalue weighted by Gasteiger charge is 2.21.